The fraction of sp³-hybridized carbons (Fsp3) is 0.500. The maximum atomic E-state index is 11.4. The van der Waals surface area contributed by atoms with Crippen LogP contribution < -0.4 is 9.47 Å². The van der Waals surface area contributed by atoms with E-state index in [0.717, 1.165) is 16.5 Å². The minimum atomic E-state index is -0.819. The number of carbonyl (C=O) groups is 1. The standard InChI is InChI=1S/C14H15BrO5/c15-10-6-8(7-11-13(10)20-5-4-18-11)12-9(14(16)17)2-1-3-19-12/h6-7,9,12H,1-5H2,(H,16,17). The highest BCUT2D eigenvalue weighted by molar-refractivity contribution is 9.10. The molecule has 1 N–H and O–H groups in total. The van der Waals surface area contributed by atoms with E-state index in [0.29, 0.717) is 37.7 Å². The van der Waals surface area contributed by atoms with Crippen LogP contribution in [0.2, 0.25) is 0 Å². The Hall–Kier alpha value is -1.27. The van der Waals surface area contributed by atoms with E-state index in [2.05, 4.69) is 15.9 Å². The Morgan fingerprint density at radius 2 is 2.05 bits per heavy atom. The van der Waals surface area contributed by atoms with Gasteiger partial charge in [0.1, 0.15) is 13.2 Å². The molecule has 6 heteroatoms. The molecule has 2 unspecified atom stereocenters. The second-order valence-corrected chi connectivity index (χ2v) is 5.76. The second-order valence-electron chi connectivity index (χ2n) is 4.91. The SMILES string of the molecule is O=C(O)C1CCCOC1c1cc(Br)c2c(c1)OCCO2. The zero-order valence-electron chi connectivity index (χ0n) is 10.8. The van der Waals surface area contributed by atoms with Gasteiger partial charge in [0.25, 0.3) is 0 Å². The number of fused-ring (bicyclic) bond motifs is 1. The average molecular weight is 343 g/mol. The minimum Gasteiger partial charge on any atom is -0.486 e. The topological polar surface area (TPSA) is 65.0 Å². The van der Waals surface area contributed by atoms with E-state index in [1.807, 2.05) is 12.1 Å². The van der Waals surface area contributed by atoms with Crippen molar-refractivity contribution >= 4 is 21.9 Å². The van der Waals surface area contributed by atoms with Gasteiger partial charge in [0.15, 0.2) is 11.5 Å². The number of benzene rings is 1. The molecule has 0 saturated carbocycles. The van der Waals surface area contributed by atoms with E-state index in [1.54, 1.807) is 0 Å². The molecule has 1 fully saturated rings. The van der Waals surface area contributed by atoms with Gasteiger partial charge in [-0.25, -0.2) is 0 Å². The summed E-state index contributed by atoms with van der Waals surface area (Å²) in [4.78, 5) is 11.4. The molecule has 0 aromatic heterocycles. The maximum Gasteiger partial charge on any atom is 0.309 e. The highest BCUT2D eigenvalue weighted by Gasteiger charge is 2.34. The van der Waals surface area contributed by atoms with Crippen molar-refractivity contribution in [3.8, 4) is 11.5 Å². The molecule has 20 heavy (non-hydrogen) atoms. The van der Waals surface area contributed by atoms with E-state index in [4.69, 9.17) is 14.2 Å². The molecule has 2 heterocycles. The van der Waals surface area contributed by atoms with Gasteiger partial charge >= 0.3 is 5.97 Å². The lowest BCUT2D eigenvalue weighted by atomic mass is 9.89. The highest BCUT2D eigenvalue weighted by Crippen LogP contribution is 2.43. The van der Waals surface area contributed by atoms with Gasteiger partial charge in [0.05, 0.1) is 16.5 Å². The van der Waals surface area contributed by atoms with Gasteiger partial charge in [-0.3, -0.25) is 4.79 Å². The maximum absolute atomic E-state index is 11.4. The highest BCUT2D eigenvalue weighted by atomic mass is 79.9. The van der Waals surface area contributed by atoms with Crippen molar-refractivity contribution in [3.63, 3.8) is 0 Å². The molecule has 3 rings (SSSR count). The molecule has 2 aliphatic heterocycles. The first kappa shape index (κ1) is 13.7. The number of carboxylic acid groups (broad SMARTS) is 1. The first-order valence-electron chi connectivity index (χ1n) is 6.60. The zero-order chi connectivity index (χ0) is 14.1. The quantitative estimate of drug-likeness (QED) is 0.895. The molecule has 2 atom stereocenters. The molecule has 2 aliphatic rings. The van der Waals surface area contributed by atoms with Crippen LogP contribution in [0.5, 0.6) is 11.5 Å². The lowest BCUT2D eigenvalue weighted by Gasteiger charge is -2.30. The molecule has 1 aromatic carbocycles. The molecule has 5 nitrogen and oxygen atoms in total. The summed E-state index contributed by atoms with van der Waals surface area (Å²) in [6.45, 7) is 1.60. The molecule has 0 radical (unpaired) electrons. The van der Waals surface area contributed by atoms with Crippen LogP contribution in [0, 0.1) is 5.92 Å². The number of hydrogen-bond acceptors (Lipinski definition) is 4. The molecule has 0 amide bonds. The molecule has 108 valence electrons. The van der Waals surface area contributed by atoms with Crippen molar-refractivity contribution in [1.29, 1.82) is 0 Å². The van der Waals surface area contributed by atoms with Crippen molar-refractivity contribution in [3.05, 3.63) is 22.2 Å². The van der Waals surface area contributed by atoms with E-state index in [9.17, 15) is 9.90 Å². The summed E-state index contributed by atoms with van der Waals surface area (Å²) in [6.07, 6.45) is 0.971. The van der Waals surface area contributed by atoms with Crippen LogP contribution in [0.25, 0.3) is 0 Å². The number of halogens is 1. The Balaban J connectivity index is 1.96. The first-order chi connectivity index (χ1) is 9.66. The van der Waals surface area contributed by atoms with Crippen LogP contribution in [0.1, 0.15) is 24.5 Å². The lowest BCUT2D eigenvalue weighted by Crippen LogP contribution is -2.29. The van der Waals surface area contributed by atoms with Crippen LogP contribution in [0.15, 0.2) is 16.6 Å². The molecule has 0 aliphatic carbocycles. The average Bonchev–Trinajstić information content (AvgIpc) is 2.47. The molecule has 1 saturated heterocycles. The van der Waals surface area contributed by atoms with Gasteiger partial charge in [-0.15, -0.1) is 0 Å². The zero-order valence-corrected chi connectivity index (χ0v) is 12.4. The molecule has 0 bridgehead atoms. The van der Waals surface area contributed by atoms with E-state index >= 15 is 0 Å². The lowest BCUT2D eigenvalue weighted by molar-refractivity contribution is -0.151. The van der Waals surface area contributed by atoms with Crippen molar-refractivity contribution in [2.24, 2.45) is 5.92 Å². The number of carboxylic acids is 1. The predicted octanol–water partition coefficient (Wildman–Crippen LogP) is 2.77. The van der Waals surface area contributed by atoms with Gasteiger partial charge in [-0.1, -0.05) is 0 Å². The Morgan fingerprint density at radius 3 is 2.85 bits per heavy atom. The van der Waals surface area contributed by atoms with Gasteiger partial charge in [0.2, 0.25) is 0 Å². The summed E-state index contributed by atoms with van der Waals surface area (Å²) in [5.74, 6) is -0.0273. The normalized spacial score (nSPS) is 25.2. The van der Waals surface area contributed by atoms with Crippen LogP contribution in [-0.2, 0) is 9.53 Å². The van der Waals surface area contributed by atoms with E-state index in [1.165, 1.54) is 0 Å². The molecular weight excluding hydrogens is 328 g/mol. The summed E-state index contributed by atoms with van der Waals surface area (Å²) in [6, 6.07) is 3.69. The summed E-state index contributed by atoms with van der Waals surface area (Å²) < 4.78 is 17.6. The third-order valence-corrected chi connectivity index (χ3v) is 4.18. The van der Waals surface area contributed by atoms with Crippen LogP contribution in [-0.4, -0.2) is 30.9 Å². The Kier molecular flexibility index (Phi) is 3.85. The van der Waals surface area contributed by atoms with Crippen molar-refractivity contribution in [2.75, 3.05) is 19.8 Å². The van der Waals surface area contributed by atoms with Gasteiger partial charge in [0, 0.05) is 6.61 Å². The first-order valence-corrected chi connectivity index (χ1v) is 7.39. The molecular formula is C14H15BrO5. The third-order valence-electron chi connectivity index (χ3n) is 3.59. The summed E-state index contributed by atoms with van der Waals surface area (Å²) in [5.41, 5.74) is 0.813. The number of ether oxygens (including phenoxy) is 3. The van der Waals surface area contributed by atoms with Gasteiger partial charge in [-0.2, -0.15) is 0 Å². The largest absolute Gasteiger partial charge is 0.486 e. The van der Waals surface area contributed by atoms with Crippen molar-refractivity contribution in [2.45, 2.75) is 18.9 Å². The summed E-state index contributed by atoms with van der Waals surface area (Å²) >= 11 is 3.45. The Labute approximate surface area is 125 Å². The van der Waals surface area contributed by atoms with Crippen LogP contribution in [0.3, 0.4) is 0 Å². The van der Waals surface area contributed by atoms with E-state index < -0.39 is 18.0 Å². The van der Waals surface area contributed by atoms with Crippen LogP contribution >= 0.6 is 15.9 Å². The smallest absolute Gasteiger partial charge is 0.309 e. The summed E-state index contributed by atoms with van der Waals surface area (Å²) in [5, 5.41) is 9.33. The fourth-order valence-electron chi connectivity index (χ4n) is 2.66. The fourth-order valence-corrected chi connectivity index (χ4v) is 3.23. The van der Waals surface area contributed by atoms with Gasteiger partial charge in [-0.05, 0) is 46.5 Å². The monoisotopic (exact) mass is 342 g/mol. The van der Waals surface area contributed by atoms with Crippen LogP contribution in [0.4, 0.5) is 0 Å². The second kappa shape index (κ2) is 5.61. The predicted molar refractivity (Wildman–Crippen MR) is 74.2 cm³/mol. The number of rotatable bonds is 2. The van der Waals surface area contributed by atoms with Crippen molar-refractivity contribution < 1.29 is 24.1 Å². The Morgan fingerprint density at radius 1 is 1.25 bits per heavy atom. The van der Waals surface area contributed by atoms with E-state index in [-0.39, 0.29) is 0 Å². The van der Waals surface area contributed by atoms with Gasteiger partial charge < -0.3 is 19.3 Å². The Bertz CT molecular complexity index is 531. The summed E-state index contributed by atoms with van der Waals surface area (Å²) in [7, 11) is 0. The number of aliphatic carboxylic acids is 1. The molecule has 1 aromatic rings. The molecule has 0 spiro atoms. The number of hydrogen-bond donors (Lipinski definition) is 1. The third kappa shape index (κ3) is 2.50. The minimum absolute atomic E-state index is 0.437. The van der Waals surface area contributed by atoms with Crippen molar-refractivity contribution in [1.82, 2.24) is 0 Å².